The molecule has 3 rings (SSSR count). The Morgan fingerprint density at radius 2 is 1.83 bits per heavy atom. The van der Waals surface area contributed by atoms with Crippen molar-refractivity contribution in [2.24, 2.45) is 0 Å². The molecule has 0 saturated carbocycles. The number of piperazine rings is 1. The monoisotopic (exact) mass is 395 g/mol. The fourth-order valence-corrected chi connectivity index (χ4v) is 3.66. The van der Waals surface area contributed by atoms with E-state index in [0.717, 1.165) is 19.5 Å². The second-order valence-electron chi connectivity index (χ2n) is 7.29. The number of nitrogens with zero attached hydrogens (tertiary/aromatic N) is 5. The first-order valence-electron chi connectivity index (χ1n) is 10.2. The molecule has 0 bridgehead atoms. The summed E-state index contributed by atoms with van der Waals surface area (Å²) in [6.07, 6.45) is 5.68. The lowest BCUT2D eigenvalue weighted by molar-refractivity contribution is -0.131. The molecular formula is C22H29N5O2. The molecule has 1 aromatic carbocycles. The molecule has 0 spiro atoms. The maximum absolute atomic E-state index is 12.7. The van der Waals surface area contributed by atoms with Gasteiger partial charge in [0.15, 0.2) is 0 Å². The number of rotatable bonds is 7. The predicted molar refractivity (Wildman–Crippen MR) is 113 cm³/mol. The van der Waals surface area contributed by atoms with Gasteiger partial charge in [0.2, 0.25) is 5.91 Å². The highest BCUT2D eigenvalue weighted by atomic mass is 16.2. The summed E-state index contributed by atoms with van der Waals surface area (Å²) in [7, 11) is 0. The quantitative estimate of drug-likeness (QED) is 0.720. The summed E-state index contributed by atoms with van der Waals surface area (Å²) in [6.45, 7) is 8.20. The summed E-state index contributed by atoms with van der Waals surface area (Å²) in [5.41, 5.74) is 2.81. The smallest absolute Gasteiger partial charge is 0.274 e. The van der Waals surface area contributed by atoms with Crippen molar-refractivity contribution in [1.29, 1.82) is 0 Å². The van der Waals surface area contributed by atoms with Crippen LogP contribution in [0.2, 0.25) is 0 Å². The first-order chi connectivity index (χ1) is 14.1. The van der Waals surface area contributed by atoms with Crippen LogP contribution >= 0.6 is 0 Å². The fourth-order valence-electron chi connectivity index (χ4n) is 3.66. The topological polar surface area (TPSA) is 69.6 Å². The number of benzene rings is 1. The average molecular weight is 396 g/mol. The predicted octanol–water partition coefficient (Wildman–Crippen LogP) is 2.38. The van der Waals surface area contributed by atoms with E-state index in [0.29, 0.717) is 38.3 Å². The molecule has 2 aromatic rings. The molecule has 1 aliphatic rings. The number of para-hydroxylation sites is 1. The molecule has 1 aliphatic heterocycles. The van der Waals surface area contributed by atoms with Crippen LogP contribution in [0.5, 0.6) is 0 Å². The molecule has 7 heteroatoms. The van der Waals surface area contributed by atoms with E-state index in [9.17, 15) is 9.59 Å². The Morgan fingerprint density at radius 1 is 1.07 bits per heavy atom. The molecule has 0 unspecified atom stereocenters. The van der Waals surface area contributed by atoms with Crippen LogP contribution < -0.4 is 4.90 Å². The summed E-state index contributed by atoms with van der Waals surface area (Å²) in [5.74, 6) is -0.0698. The highest BCUT2D eigenvalue weighted by Gasteiger charge is 2.23. The van der Waals surface area contributed by atoms with Gasteiger partial charge in [0.25, 0.3) is 5.91 Å². The number of carbonyl (C=O) groups is 2. The van der Waals surface area contributed by atoms with Gasteiger partial charge in [-0.2, -0.15) is 0 Å². The lowest BCUT2D eigenvalue weighted by Crippen LogP contribution is -2.49. The van der Waals surface area contributed by atoms with Crippen molar-refractivity contribution in [2.45, 2.75) is 26.7 Å². The minimum Gasteiger partial charge on any atom is -0.368 e. The number of carbonyl (C=O) groups excluding carboxylic acids is 2. The maximum atomic E-state index is 12.7. The van der Waals surface area contributed by atoms with E-state index >= 15 is 0 Å². The van der Waals surface area contributed by atoms with Gasteiger partial charge in [0, 0.05) is 63.8 Å². The molecule has 1 saturated heterocycles. The van der Waals surface area contributed by atoms with Crippen molar-refractivity contribution in [1.82, 2.24) is 19.8 Å². The molecule has 2 amide bonds. The van der Waals surface area contributed by atoms with Crippen molar-refractivity contribution < 1.29 is 9.59 Å². The van der Waals surface area contributed by atoms with Crippen LogP contribution in [0.1, 0.15) is 35.8 Å². The molecule has 0 radical (unpaired) electrons. The maximum Gasteiger partial charge on any atom is 0.274 e. The third-order valence-electron chi connectivity index (χ3n) is 5.25. The van der Waals surface area contributed by atoms with Gasteiger partial charge in [0.05, 0.1) is 6.20 Å². The van der Waals surface area contributed by atoms with Gasteiger partial charge in [-0.25, -0.2) is 4.98 Å². The first kappa shape index (κ1) is 20.8. The van der Waals surface area contributed by atoms with Crippen molar-refractivity contribution in [3.8, 4) is 0 Å². The lowest BCUT2D eigenvalue weighted by Gasteiger charge is -2.37. The zero-order valence-electron chi connectivity index (χ0n) is 17.3. The van der Waals surface area contributed by atoms with Crippen molar-refractivity contribution >= 4 is 17.5 Å². The number of hydrogen-bond acceptors (Lipinski definition) is 5. The summed E-state index contributed by atoms with van der Waals surface area (Å²) < 4.78 is 0. The minimum absolute atomic E-state index is 0.0995. The number of anilines is 1. The van der Waals surface area contributed by atoms with Crippen molar-refractivity contribution in [3.63, 3.8) is 0 Å². The van der Waals surface area contributed by atoms with Gasteiger partial charge in [-0.1, -0.05) is 25.1 Å². The van der Waals surface area contributed by atoms with Crippen molar-refractivity contribution in [2.75, 3.05) is 44.2 Å². The normalized spacial score (nSPS) is 14.0. The van der Waals surface area contributed by atoms with E-state index in [1.54, 1.807) is 11.1 Å². The molecular weight excluding hydrogens is 366 g/mol. The van der Waals surface area contributed by atoms with E-state index < -0.39 is 0 Å². The Bertz CT molecular complexity index is 819. The first-order valence-corrected chi connectivity index (χ1v) is 10.2. The van der Waals surface area contributed by atoms with E-state index in [2.05, 4.69) is 40.0 Å². The summed E-state index contributed by atoms with van der Waals surface area (Å²) in [5, 5.41) is 0. The van der Waals surface area contributed by atoms with Crippen LogP contribution in [0.3, 0.4) is 0 Å². The Kier molecular flexibility index (Phi) is 7.16. The molecule has 0 atom stereocenters. The fraction of sp³-hybridized carbons (Fsp3) is 0.455. The standard InChI is InChI=1S/C22H29N5O2/c1-3-11-27(22(29)19-17-23-9-10-24-19)12-8-21(28)26-15-13-25(14-16-26)20-7-5-4-6-18(20)2/h4-7,9-10,17H,3,8,11-16H2,1-2H3. The second-order valence-corrected chi connectivity index (χ2v) is 7.29. The lowest BCUT2D eigenvalue weighted by atomic mass is 10.1. The van der Waals surface area contributed by atoms with Crippen LogP contribution in [0, 0.1) is 6.92 Å². The molecule has 1 aromatic heterocycles. The van der Waals surface area contributed by atoms with Gasteiger partial charge < -0.3 is 14.7 Å². The average Bonchev–Trinajstić information content (AvgIpc) is 2.77. The zero-order valence-corrected chi connectivity index (χ0v) is 17.3. The summed E-state index contributed by atoms with van der Waals surface area (Å²) >= 11 is 0. The number of aromatic nitrogens is 2. The highest BCUT2D eigenvalue weighted by Crippen LogP contribution is 2.21. The Morgan fingerprint density at radius 3 is 2.48 bits per heavy atom. The summed E-state index contributed by atoms with van der Waals surface area (Å²) in [4.78, 5) is 39.4. The van der Waals surface area contributed by atoms with E-state index in [-0.39, 0.29) is 11.8 Å². The molecule has 154 valence electrons. The number of aryl methyl sites for hydroxylation is 1. The van der Waals surface area contributed by atoms with Gasteiger partial charge >= 0.3 is 0 Å². The van der Waals surface area contributed by atoms with Gasteiger partial charge in [-0.05, 0) is 25.0 Å². The van der Waals surface area contributed by atoms with Crippen LogP contribution in [-0.2, 0) is 4.79 Å². The molecule has 1 fully saturated rings. The van der Waals surface area contributed by atoms with Crippen LogP contribution in [-0.4, -0.2) is 70.9 Å². The van der Waals surface area contributed by atoms with E-state index in [1.165, 1.54) is 23.6 Å². The second kappa shape index (κ2) is 10.0. The molecule has 2 heterocycles. The Hall–Kier alpha value is -2.96. The SMILES string of the molecule is CCCN(CCC(=O)N1CCN(c2ccccc2C)CC1)C(=O)c1cnccn1. The Labute approximate surface area is 172 Å². The van der Waals surface area contributed by atoms with Gasteiger partial charge in [0.1, 0.15) is 5.69 Å². The van der Waals surface area contributed by atoms with E-state index in [1.807, 2.05) is 17.9 Å². The highest BCUT2D eigenvalue weighted by molar-refractivity contribution is 5.92. The van der Waals surface area contributed by atoms with Crippen LogP contribution in [0.4, 0.5) is 5.69 Å². The Balaban J connectivity index is 1.52. The third-order valence-corrected chi connectivity index (χ3v) is 5.25. The minimum atomic E-state index is -0.169. The number of hydrogen-bond donors (Lipinski definition) is 0. The van der Waals surface area contributed by atoms with Gasteiger partial charge in [-0.15, -0.1) is 0 Å². The molecule has 0 N–H and O–H groups in total. The number of amides is 2. The van der Waals surface area contributed by atoms with Crippen LogP contribution in [0.15, 0.2) is 42.9 Å². The molecule has 29 heavy (non-hydrogen) atoms. The van der Waals surface area contributed by atoms with E-state index in [4.69, 9.17) is 0 Å². The zero-order chi connectivity index (χ0) is 20.6. The van der Waals surface area contributed by atoms with Crippen molar-refractivity contribution in [3.05, 3.63) is 54.1 Å². The largest absolute Gasteiger partial charge is 0.368 e. The molecule has 7 nitrogen and oxygen atoms in total. The third kappa shape index (κ3) is 5.31. The van der Waals surface area contributed by atoms with Gasteiger partial charge in [-0.3, -0.25) is 14.6 Å². The summed E-state index contributed by atoms with van der Waals surface area (Å²) in [6, 6.07) is 8.34. The van der Waals surface area contributed by atoms with Crippen LogP contribution in [0.25, 0.3) is 0 Å². The molecule has 0 aliphatic carbocycles.